The lowest BCUT2D eigenvalue weighted by Crippen LogP contribution is -2.61. The molecule has 0 atom stereocenters. The van der Waals surface area contributed by atoms with E-state index in [1.807, 2.05) is 0 Å². The quantitative estimate of drug-likeness (QED) is 0.160. The standard InChI is InChI=1S/C77H80BN3O/c1-72(2,3)47-22-31-52(32-23-47)79(53-33-24-48(25-34-53)73(4,5)6)56-39-40-63-58(43-56)59-44-60-61-45-62-57-20-18-19-21-68(57)82-71(62)70-69(61)78(81(67(60)46-64(59)77(63,16)17)55-37-28-50(29-38-55)75(10,11)12)65-42-51(76(13,14)15)30-41-66(65)80(70)54-35-26-49(27-36-54)74(7,8)9/h18-46H,1-17H3. The van der Waals surface area contributed by atoms with Gasteiger partial charge in [-0.05, 0) is 185 Å². The summed E-state index contributed by atoms with van der Waals surface area (Å²) < 4.78 is 7.27. The van der Waals surface area contributed by atoms with Gasteiger partial charge in [-0.15, -0.1) is 0 Å². The molecule has 1 aliphatic carbocycles. The second kappa shape index (κ2) is 18.1. The molecule has 82 heavy (non-hydrogen) atoms. The highest BCUT2D eigenvalue weighted by molar-refractivity contribution is 6.94. The molecule has 0 saturated heterocycles. The number of para-hydroxylation sites is 1. The van der Waals surface area contributed by atoms with Crippen molar-refractivity contribution in [2.24, 2.45) is 0 Å². The molecule has 9 aromatic carbocycles. The van der Waals surface area contributed by atoms with E-state index in [0.29, 0.717) is 0 Å². The molecule has 1 aromatic heterocycles. The van der Waals surface area contributed by atoms with E-state index in [4.69, 9.17) is 4.42 Å². The van der Waals surface area contributed by atoms with Crippen LogP contribution in [-0.2, 0) is 32.5 Å². The molecule has 4 nitrogen and oxygen atoms in total. The van der Waals surface area contributed by atoms with Crippen molar-refractivity contribution in [3.05, 3.63) is 215 Å². The van der Waals surface area contributed by atoms with Crippen molar-refractivity contribution in [2.45, 2.75) is 150 Å². The van der Waals surface area contributed by atoms with Gasteiger partial charge in [0.1, 0.15) is 5.58 Å². The van der Waals surface area contributed by atoms with Gasteiger partial charge in [-0.3, -0.25) is 0 Å². The Morgan fingerprint density at radius 2 is 0.890 bits per heavy atom. The van der Waals surface area contributed by atoms with E-state index in [1.54, 1.807) is 0 Å². The van der Waals surface area contributed by atoms with Crippen molar-refractivity contribution in [1.29, 1.82) is 0 Å². The Bertz CT molecular complexity index is 4120. The van der Waals surface area contributed by atoms with Crippen molar-refractivity contribution in [2.75, 3.05) is 14.6 Å². The van der Waals surface area contributed by atoms with E-state index < -0.39 is 0 Å². The maximum atomic E-state index is 7.27. The van der Waals surface area contributed by atoms with Gasteiger partial charge in [0.05, 0.1) is 5.69 Å². The fourth-order valence-corrected chi connectivity index (χ4v) is 13.5. The zero-order valence-electron chi connectivity index (χ0n) is 51.6. The van der Waals surface area contributed by atoms with Crippen LogP contribution in [0, 0.1) is 0 Å². The smallest absolute Gasteiger partial charge is 0.333 e. The molecule has 0 unspecified atom stereocenters. The van der Waals surface area contributed by atoms with E-state index in [9.17, 15) is 0 Å². The van der Waals surface area contributed by atoms with Gasteiger partial charge in [0, 0.05) is 61.6 Å². The van der Waals surface area contributed by atoms with Crippen LogP contribution in [0.3, 0.4) is 0 Å². The van der Waals surface area contributed by atoms with Gasteiger partial charge in [-0.2, -0.15) is 0 Å². The highest BCUT2D eigenvalue weighted by Crippen LogP contribution is 2.57. The third-order valence-electron chi connectivity index (χ3n) is 18.4. The average molecular weight is 1070 g/mol. The van der Waals surface area contributed by atoms with Crippen molar-refractivity contribution in [3.63, 3.8) is 0 Å². The van der Waals surface area contributed by atoms with E-state index in [1.165, 1.54) is 83.5 Å². The highest BCUT2D eigenvalue weighted by atomic mass is 16.3. The fraction of sp³-hybridized carbons (Fsp3) is 0.299. The van der Waals surface area contributed by atoms with Crippen LogP contribution >= 0.6 is 0 Å². The van der Waals surface area contributed by atoms with E-state index in [2.05, 4.69) is 308 Å². The molecular weight excluding hydrogens is 994 g/mol. The van der Waals surface area contributed by atoms with Crippen LogP contribution in [-0.4, -0.2) is 6.85 Å². The Hall–Kier alpha value is -7.76. The van der Waals surface area contributed by atoms with Gasteiger partial charge in [0.15, 0.2) is 5.58 Å². The third kappa shape index (κ3) is 8.54. The molecule has 3 heterocycles. The maximum absolute atomic E-state index is 7.27. The number of benzene rings is 9. The molecule has 0 spiro atoms. The molecule has 10 aromatic rings. The Labute approximate surface area is 488 Å². The molecule has 5 heteroatoms. The molecule has 13 rings (SSSR count). The lowest BCUT2D eigenvalue weighted by molar-refractivity contribution is 0.590. The van der Waals surface area contributed by atoms with Gasteiger partial charge >= 0.3 is 6.85 Å². The Morgan fingerprint density at radius 3 is 1.44 bits per heavy atom. The van der Waals surface area contributed by atoms with E-state index in [-0.39, 0.29) is 39.3 Å². The van der Waals surface area contributed by atoms with Crippen LogP contribution in [0.25, 0.3) is 44.2 Å². The van der Waals surface area contributed by atoms with Crippen LogP contribution < -0.4 is 25.5 Å². The summed E-state index contributed by atoms with van der Waals surface area (Å²) in [4.78, 5) is 7.69. The van der Waals surface area contributed by atoms with Crippen LogP contribution in [0.15, 0.2) is 180 Å². The van der Waals surface area contributed by atoms with Crippen LogP contribution in [0.2, 0.25) is 0 Å². The summed E-state index contributed by atoms with van der Waals surface area (Å²) >= 11 is 0. The van der Waals surface area contributed by atoms with Gasteiger partial charge in [-0.25, -0.2) is 0 Å². The molecule has 0 radical (unpaired) electrons. The molecule has 2 aliphatic heterocycles. The molecule has 0 saturated carbocycles. The number of hydrogen-bond acceptors (Lipinski definition) is 4. The fourth-order valence-electron chi connectivity index (χ4n) is 13.5. The summed E-state index contributed by atoms with van der Waals surface area (Å²) in [6, 6.07) is 68.1. The maximum Gasteiger partial charge on any atom is 0.333 e. The van der Waals surface area contributed by atoms with Gasteiger partial charge in [0.25, 0.3) is 0 Å². The molecule has 412 valence electrons. The summed E-state index contributed by atoms with van der Waals surface area (Å²) in [5.74, 6) is 0. The van der Waals surface area contributed by atoms with Crippen LogP contribution in [0.4, 0.5) is 45.5 Å². The number of fused-ring (bicyclic) bond motifs is 11. The first kappa shape index (κ1) is 53.5. The van der Waals surface area contributed by atoms with Gasteiger partial charge in [-0.1, -0.05) is 203 Å². The predicted molar refractivity (Wildman–Crippen MR) is 353 cm³/mol. The monoisotopic (exact) mass is 1070 g/mol. The summed E-state index contributed by atoms with van der Waals surface area (Å²) in [6.45, 7) is 39.3. The first-order chi connectivity index (χ1) is 38.6. The lowest BCUT2D eigenvalue weighted by atomic mass is 9.43. The number of anilines is 8. The Kier molecular flexibility index (Phi) is 11.8. The molecule has 0 N–H and O–H groups in total. The highest BCUT2D eigenvalue weighted by Gasteiger charge is 2.49. The molecule has 0 bridgehead atoms. The number of nitrogens with zero attached hydrogens (tertiary/aromatic N) is 3. The second-order valence-electron chi connectivity index (χ2n) is 29.6. The molecule has 0 amide bonds. The van der Waals surface area contributed by atoms with Crippen molar-refractivity contribution >= 4 is 85.2 Å². The first-order valence-electron chi connectivity index (χ1n) is 29.9. The van der Waals surface area contributed by atoms with Crippen molar-refractivity contribution in [1.82, 2.24) is 0 Å². The topological polar surface area (TPSA) is 22.9 Å². The Balaban J connectivity index is 1.11. The third-order valence-corrected chi connectivity index (χ3v) is 18.4. The molecule has 0 fully saturated rings. The van der Waals surface area contributed by atoms with Crippen molar-refractivity contribution < 1.29 is 4.42 Å². The van der Waals surface area contributed by atoms with Crippen LogP contribution in [0.5, 0.6) is 0 Å². The van der Waals surface area contributed by atoms with Gasteiger partial charge in [0.2, 0.25) is 0 Å². The minimum atomic E-state index is -0.302. The SMILES string of the molecule is CC(C)(C)c1ccc(N2B3c4cc(C(C)(C)C)ccc4N(c4ccc(C(C)(C)C)cc4)c4c3c(cc3c4oc4ccccc43)-c3cc4c(cc32)C(C)(C)c2ccc(N(c3ccc(C(C)(C)C)cc3)c3ccc(C(C)(C)C)cc3)cc2-4)cc1. The zero-order chi connectivity index (χ0) is 58.0. The lowest BCUT2D eigenvalue weighted by Gasteiger charge is -2.46. The predicted octanol–water partition coefficient (Wildman–Crippen LogP) is 20.6. The number of hydrogen-bond donors (Lipinski definition) is 0. The Morgan fingerprint density at radius 1 is 0.402 bits per heavy atom. The van der Waals surface area contributed by atoms with E-state index >= 15 is 0 Å². The van der Waals surface area contributed by atoms with E-state index in [0.717, 1.165) is 56.1 Å². The minimum Gasteiger partial charge on any atom is -0.454 e. The number of furan rings is 1. The molecular formula is C77H80BN3O. The largest absolute Gasteiger partial charge is 0.454 e. The van der Waals surface area contributed by atoms with Gasteiger partial charge < -0.3 is 19.0 Å². The average Bonchev–Trinajstić information content (AvgIpc) is 3.48. The summed E-state index contributed by atoms with van der Waals surface area (Å²) in [5.41, 5.74) is 27.4. The zero-order valence-corrected chi connectivity index (χ0v) is 51.6. The summed E-state index contributed by atoms with van der Waals surface area (Å²) in [6.07, 6.45) is 0. The molecule has 3 aliphatic rings. The van der Waals surface area contributed by atoms with Crippen LogP contribution in [0.1, 0.15) is 157 Å². The minimum absolute atomic E-state index is 0.00238. The summed E-state index contributed by atoms with van der Waals surface area (Å²) in [5, 5.41) is 2.24. The normalized spacial score (nSPS) is 14.7. The summed E-state index contributed by atoms with van der Waals surface area (Å²) in [7, 11) is 0. The van der Waals surface area contributed by atoms with Crippen molar-refractivity contribution in [3.8, 4) is 22.3 Å². The number of rotatable bonds is 5. The second-order valence-corrected chi connectivity index (χ2v) is 29.6. The first-order valence-corrected chi connectivity index (χ1v) is 29.9.